The summed E-state index contributed by atoms with van der Waals surface area (Å²) in [6.07, 6.45) is 6.90. The van der Waals surface area contributed by atoms with Crippen molar-refractivity contribution in [2.24, 2.45) is 0 Å². The predicted molar refractivity (Wildman–Crippen MR) is 86.5 cm³/mol. The Morgan fingerprint density at radius 1 is 1.17 bits per heavy atom. The molecule has 1 unspecified atom stereocenters. The number of rotatable bonds is 5. The van der Waals surface area contributed by atoms with Gasteiger partial charge in [0.15, 0.2) is 0 Å². The van der Waals surface area contributed by atoms with E-state index in [9.17, 15) is 14.3 Å². The number of carbonyl (C=O) groups is 1. The van der Waals surface area contributed by atoms with Crippen LogP contribution in [0.5, 0.6) is 0 Å². The number of carbonyl (C=O) groups excluding carboxylic acids is 1. The fourth-order valence-electron chi connectivity index (χ4n) is 3.27. The van der Waals surface area contributed by atoms with Crippen LogP contribution in [-0.2, 0) is 0 Å². The Morgan fingerprint density at radius 3 is 2.43 bits per heavy atom. The van der Waals surface area contributed by atoms with Gasteiger partial charge in [0.2, 0.25) is 0 Å². The third-order valence-corrected chi connectivity index (χ3v) is 4.81. The van der Waals surface area contributed by atoms with Crippen molar-refractivity contribution in [1.29, 1.82) is 0 Å². The molecule has 0 bridgehead atoms. The van der Waals surface area contributed by atoms with Gasteiger partial charge in [0, 0.05) is 12.1 Å². The number of aliphatic hydroxyl groups excluding tert-OH is 1. The van der Waals surface area contributed by atoms with Crippen molar-refractivity contribution >= 4 is 6.03 Å². The molecular weight excluding hydrogens is 295 g/mol. The molecule has 126 valence electrons. The number of aliphatic hydroxyl groups is 1. The van der Waals surface area contributed by atoms with Gasteiger partial charge < -0.3 is 15.3 Å². The van der Waals surface area contributed by atoms with E-state index in [1.54, 1.807) is 17.0 Å². The van der Waals surface area contributed by atoms with Gasteiger partial charge in [-0.15, -0.1) is 0 Å². The van der Waals surface area contributed by atoms with Crippen LogP contribution in [0.3, 0.4) is 0 Å². The van der Waals surface area contributed by atoms with Crippen LogP contribution in [0.2, 0.25) is 0 Å². The van der Waals surface area contributed by atoms with Gasteiger partial charge >= 0.3 is 6.03 Å². The molecule has 1 aromatic carbocycles. The van der Waals surface area contributed by atoms with Gasteiger partial charge in [-0.25, -0.2) is 9.18 Å². The lowest BCUT2D eigenvalue weighted by atomic mass is 9.96. The molecule has 0 radical (unpaired) electrons. The molecule has 2 fully saturated rings. The van der Waals surface area contributed by atoms with Crippen molar-refractivity contribution < 1.29 is 14.3 Å². The molecule has 23 heavy (non-hydrogen) atoms. The molecule has 0 heterocycles. The van der Waals surface area contributed by atoms with Crippen LogP contribution in [0, 0.1) is 5.82 Å². The van der Waals surface area contributed by atoms with Crippen LogP contribution < -0.4 is 5.32 Å². The van der Waals surface area contributed by atoms with E-state index in [1.807, 2.05) is 0 Å². The minimum Gasteiger partial charge on any atom is -0.387 e. The molecule has 0 aromatic heterocycles. The highest BCUT2D eigenvalue weighted by Gasteiger charge is 2.34. The maximum absolute atomic E-state index is 13.0. The average molecular weight is 320 g/mol. The largest absolute Gasteiger partial charge is 0.387 e. The minimum atomic E-state index is -0.784. The molecule has 2 amide bonds. The van der Waals surface area contributed by atoms with Gasteiger partial charge in [0.25, 0.3) is 0 Å². The summed E-state index contributed by atoms with van der Waals surface area (Å²) in [6, 6.07) is 6.24. The summed E-state index contributed by atoms with van der Waals surface area (Å²) < 4.78 is 13.0. The van der Waals surface area contributed by atoms with Crippen molar-refractivity contribution in [3.63, 3.8) is 0 Å². The van der Waals surface area contributed by atoms with Crippen LogP contribution in [0.1, 0.15) is 56.6 Å². The quantitative estimate of drug-likeness (QED) is 0.874. The number of nitrogens with one attached hydrogen (secondary N) is 1. The molecule has 2 N–H and O–H groups in total. The van der Waals surface area contributed by atoms with Crippen LogP contribution in [0.15, 0.2) is 24.3 Å². The summed E-state index contributed by atoms with van der Waals surface area (Å²) in [7, 11) is 0. The zero-order valence-corrected chi connectivity index (χ0v) is 13.4. The first-order valence-electron chi connectivity index (χ1n) is 8.64. The van der Waals surface area contributed by atoms with E-state index in [1.165, 1.54) is 31.4 Å². The van der Waals surface area contributed by atoms with Crippen LogP contribution in [-0.4, -0.2) is 34.7 Å². The second-order valence-electron chi connectivity index (χ2n) is 6.74. The van der Waals surface area contributed by atoms with Gasteiger partial charge in [0.1, 0.15) is 5.82 Å². The van der Waals surface area contributed by atoms with Crippen molar-refractivity contribution in [2.45, 2.75) is 63.1 Å². The summed E-state index contributed by atoms with van der Waals surface area (Å²) in [5.74, 6) is -0.324. The summed E-state index contributed by atoms with van der Waals surface area (Å²) in [5.41, 5.74) is 0.641. The first-order valence-corrected chi connectivity index (χ1v) is 8.64. The summed E-state index contributed by atoms with van der Waals surface area (Å²) in [6.45, 7) is 0.259. The molecule has 0 saturated heterocycles. The van der Waals surface area contributed by atoms with Crippen molar-refractivity contribution in [3.05, 3.63) is 35.6 Å². The third-order valence-electron chi connectivity index (χ3n) is 4.81. The average Bonchev–Trinajstić information content (AvgIpc) is 3.38. The normalized spacial score (nSPS) is 20.1. The van der Waals surface area contributed by atoms with E-state index in [-0.39, 0.29) is 30.5 Å². The molecule has 0 aliphatic heterocycles. The highest BCUT2D eigenvalue weighted by atomic mass is 19.1. The standard InChI is InChI=1S/C18H25FN2O2/c19-14-8-6-13(7-9-14)17(22)12-21(16-10-11-16)18(23)20-15-4-2-1-3-5-15/h6-9,15-17,22H,1-5,10-12H2,(H,20,23). The molecule has 2 saturated carbocycles. The molecule has 5 heteroatoms. The van der Waals surface area contributed by atoms with Crippen molar-refractivity contribution in [3.8, 4) is 0 Å². The highest BCUT2D eigenvalue weighted by molar-refractivity contribution is 5.75. The number of benzene rings is 1. The number of hydrogen-bond acceptors (Lipinski definition) is 2. The Balaban J connectivity index is 1.59. The molecule has 4 nitrogen and oxygen atoms in total. The SMILES string of the molecule is O=C(NC1CCCCC1)N(CC(O)c1ccc(F)cc1)C1CC1. The van der Waals surface area contributed by atoms with Crippen LogP contribution in [0.4, 0.5) is 9.18 Å². The maximum Gasteiger partial charge on any atom is 0.317 e. The van der Waals surface area contributed by atoms with E-state index in [2.05, 4.69) is 5.32 Å². The Labute approximate surface area is 136 Å². The predicted octanol–water partition coefficient (Wildman–Crippen LogP) is 3.37. The Hall–Kier alpha value is -1.62. The number of nitrogens with zero attached hydrogens (tertiary/aromatic N) is 1. The Morgan fingerprint density at radius 2 is 1.83 bits per heavy atom. The molecule has 1 aromatic rings. The lowest BCUT2D eigenvalue weighted by Crippen LogP contribution is -2.47. The second kappa shape index (κ2) is 7.30. The zero-order valence-electron chi connectivity index (χ0n) is 13.4. The lowest BCUT2D eigenvalue weighted by Gasteiger charge is -2.30. The topological polar surface area (TPSA) is 52.6 Å². The maximum atomic E-state index is 13.0. The number of amides is 2. The smallest absolute Gasteiger partial charge is 0.317 e. The van der Waals surface area contributed by atoms with Gasteiger partial charge in [-0.05, 0) is 43.4 Å². The first-order chi connectivity index (χ1) is 11.1. The van der Waals surface area contributed by atoms with Gasteiger partial charge in [-0.3, -0.25) is 0 Å². The third kappa shape index (κ3) is 4.44. The van der Waals surface area contributed by atoms with Crippen LogP contribution in [0.25, 0.3) is 0 Å². The minimum absolute atomic E-state index is 0.0689. The zero-order chi connectivity index (χ0) is 16.2. The monoisotopic (exact) mass is 320 g/mol. The Bertz CT molecular complexity index is 524. The highest BCUT2D eigenvalue weighted by Crippen LogP contribution is 2.29. The summed E-state index contributed by atoms with van der Waals surface area (Å²) in [4.78, 5) is 14.3. The van der Waals surface area contributed by atoms with E-state index < -0.39 is 6.10 Å². The van der Waals surface area contributed by atoms with E-state index in [0.717, 1.165) is 25.7 Å². The molecule has 2 aliphatic carbocycles. The summed E-state index contributed by atoms with van der Waals surface area (Å²) in [5, 5.41) is 13.5. The fraction of sp³-hybridized carbons (Fsp3) is 0.611. The van der Waals surface area contributed by atoms with Gasteiger partial charge in [-0.2, -0.15) is 0 Å². The van der Waals surface area contributed by atoms with Gasteiger partial charge in [0.05, 0.1) is 12.6 Å². The molecule has 3 rings (SSSR count). The van der Waals surface area contributed by atoms with Crippen molar-refractivity contribution in [2.75, 3.05) is 6.54 Å². The molecule has 0 spiro atoms. The van der Waals surface area contributed by atoms with E-state index in [4.69, 9.17) is 0 Å². The fourth-order valence-corrected chi connectivity index (χ4v) is 3.27. The lowest BCUT2D eigenvalue weighted by molar-refractivity contribution is 0.115. The van der Waals surface area contributed by atoms with Gasteiger partial charge in [-0.1, -0.05) is 31.4 Å². The summed E-state index contributed by atoms with van der Waals surface area (Å²) >= 11 is 0. The number of urea groups is 1. The first kappa shape index (κ1) is 16.2. The Kier molecular flexibility index (Phi) is 5.16. The van der Waals surface area contributed by atoms with E-state index >= 15 is 0 Å². The number of halogens is 1. The van der Waals surface area contributed by atoms with E-state index in [0.29, 0.717) is 5.56 Å². The number of hydrogen-bond donors (Lipinski definition) is 2. The van der Waals surface area contributed by atoms with Crippen LogP contribution >= 0.6 is 0 Å². The van der Waals surface area contributed by atoms with Crippen molar-refractivity contribution in [1.82, 2.24) is 10.2 Å². The molecular formula is C18H25FN2O2. The molecule has 1 atom stereocenters. The second-order valence-corrected chi connectivity index (χ2v) is 6.74. The molecule has 2 aliphatic rings.